The lowest BCUT2D eigenvalue weighted by Gasteiger charge is -2.20. The minimum absolute atomic E-state index is 0. The lowest BCUT2D eigenvalue weighted by atomic mass is 10.1. The number of nitrogens with zero attached hydrogens (tertiary/aromatic N) is 2. The van der Waals surface area contributed by atoms with Gasteiger partial charge in [0.1, 0.15) is 5.75 Å². The molecule has 1 atom stereocenters. The number of ether oxygens (including phenoxy) is 1. The molecular formula is C17H26F3IN4O. The van der Waals surface area contributed by atoms with Gasteiger partial charge in [-0.25, -0.2) is 0 Å². The number of aryl methyl sites for hydroxylation is 1. The molecule has 26 heavy (non-hydrogen) atoms. The Morgan fingerprint density at radius 1 is 1.38 bits per heavy atom. The van der Waals surface area contributed by atoms with Crippen LogP contribution in [0.25, 0.3) is 0 Å². The summed E-state index contributed by atoms with van der Waals surface area (Å²) in [5.74, 6) is 1.43. The fourth-order valence-electron chi connectivity index (χ4n) is 2.97. The van der Waals surface area contributed by atoms with Gasteiger partial charge in [0, 0.05) is 32.7 Å². The molecule has 5 nitrogen and oxygen atoms in total. The van der Waals surface area contributed by atoms with E-state index in [1.165, 1.54) is 4.90 Å². The van der Waals surface area contributed by atoms with Crippen molar-refractivity contribution in [2.24, 2.45) is 4.99 Å². The summed E-state index contributed by atoms with van der Waals surface area (Å²) in [4.78, 5) is 5.57. The van der Waals surface area contributed by atoms with Crippen molar-refractivity contribution in [3.63, 3.8) is 0 Å². The zero-order chi connectivity index (χ0) is 18.4. The minimum atomic E-state index is -4.15. The highest BCUT2D eigenvalue weighted by molar-refractivity contribution is 14.0. The lowest BCUT2D eigenvalue weighted by Crippen LogP contribution is -2.44. The van der Waals surface area contributed by atoms with Gasteiger partial charge < -0.3 is 15.4 Å². The second-order valence-electron chi connectivity index (χ2n) is 6.21. The topological polar surface area (TPSA) is 48.9 Å². The Kier molecular flexibility index (Phi) is 8.94. The number of nitrogens with one attached hydrogen (secondary N) is 2. The Morgan fingerprint density at radius 2 is 2.12 bits per heavy atom. The first-order valence-corrected chi connectivity index (χ1v) is 8.20. The van der Waals surface area contributed by atoms with Crippen LogP contribution >= 0.6 is 24.0 Å². The smallest absolute Gasteiger partial charge is 0.401 e. The predicted octanol–water partition coefficient (Wildman–Crippen LogP) is 2.92. The average Bonchev–Trinajstić information content (AvgIpc) is 2.96. The molecule has 0 radical (unpaired) electrons. The van der Waals surface area contributed by atoms with Gasteiger partial charge in [0.25, 0.3) is 0 Å². The van der Waals surface area contributed by atoms with Crippen molar-refractivity contribution in [2.75, 3.05) is 33.8 Å². The third-order valence-electron chi connectivity index (χ3n) is 4.16. The number of hydrogen-bond acceptors (Lipinski definition) is 3. The highest BCUT2D eigenvalue weighted by Crippen LogP contribution is 2.20. The first-order valence-electron chi connectivity index (χ1n) is 8.20. The van der Waals surface area contributed by atoms with Gasteiger partial charge >= 0.3 is 6.18 Å². The molecule has 1 aliphatic rings. The molecule has 2 rings (SSSR count). The van der Waals surface area contributed by atoms with E-state index < -0.39 is 12.7 Å². The molecule has 148 valence electrons. The SMILES string of the molecule is CN=C(NCc1ccc(OC)c(C)c1)NC1CCN(CC(F)(F)F)C1.I. The molecule has 0 saturated carbocycles. The molecule has 9 heteroatoms. The molecule has 0 spiro atoms. The van der Waals surface area contributed by atoms with Gasteiger partial charge in [-0.2, -0.15) is 13.2 Å². The fraction of sp³-hybridized carbons (Fsp3) is 0.588. The van der Waals surface area contributed by atoms with Crippen LogP contribution in [0.2, 0.25) is 0 Å². The second-order valence-corrected chi connectivity index (χ2v) is 6.21. The molecule has 1 aromatic rings. The molecule has 0 amide bonds. The van der Waals surface area contributed by atoms with Crippen LogP contribution in [-0.4, -0.2) is 56.9 Å². The number of guanidine groups is 1. The van der Waals surface area contributed by atoms with Gasteiger partial charge in [0.15, 0.2) is 5.96 Å². The highest BCUT2D eigenvalue weighted by atomic mass is 127. The zero-order valence-corrected chi connectivity index (χ0v) is 17.5. The fourth-order valence-corrected chi connectivity index (χ4v) is 2.97. The van der Waals surface area contributed by atoms with Crippen molar-refractivity contribution in [2.45, 2.75) is 32.1 Å². The minimum Gasteiger partial charge on any atom is -0.496 e. The zero-order valence-electron chi connectivity index (χ0n) is 15.2. The average molecular weight is 486 g/mol. The van der Waals surface area contributed by atoms with Crippen molar-refractivity contribution in [1.29, 1.82) is 0 Å². The van der Waals surface area contributed by atoms with Gasteiger partial charge in [-0.3, -0.25) is 9.89 Å². The van der Waals surface area contributed by atoms with Crippen LogP contribution in [0.5, 0.6) is 5.75 Å². The molecular weight excluding hydrogens is 460 g/mol. The molecule has 1 aliphatic heterocycles. The first-order chi connectivity index (χ1) is 11.8. The van der Waals surface area contributed by atoms with Crippen molar-refractivity contribution >= 4 is 29.9 Å². The van der Waals surface area contributed by atoms with Crippen molar-refractivity contribution in [3.05, 3.63) is 29.3 Å². The van der Waals surface area contributed by atoms with Crippen molar-refractivity contribution in [1.82, 2.24) is 15.5 Å². The number of halogens is 4. The highest BCUT2D eigenvalue weighted by Gasteiger charge is 2.34. The van der Waals surface area contributed by atoms with Crippen LogP contribution in [0.1, 0.15) is 17.5 Å². The van der Waals surface area contributed by atoms with Gasteiger partial charge in [-0.15, -0.1) is 24.0 Å². The predicted molar refractivity (Wildman–Crippen MR) is 107 cm³/mol. The molecule has 0 aliphatic carbocycles. The summed E-state index contributed by atoms with van der Waals surface area (Å²) in [6.07, 6.45) is -3.49. The van der Waals surface area contributed by atoms with E-state index in [2.05, 4.69) is 15.6 Å². The molecule has 1 heterocycles. The molecule has 0 aromatic heterocycles. The normalized spacial score (nSPS) is 18.4. The summed E-state index contributed by atoms with van der Waals surface area (Å²) >= 11 is 0. The van der Waals surface area contributed by atoms with Crippen molar-refractivity contribution in [3.8, 4) is 5.75 Å². The number of benzene rings is 1. The largest absolute Gasteiger partial charge is 0.496 e. The maximum atomic E-state index is 12.5. The number of rotatable bonds is 5. The third-order valence-corrected chi connectivity index (χ3v) is 4.16. The molecule has 1 saturated heterocycles. The van der Waals surface area contributed by atoms with E-state index in [9.17, 15) is 13.2 Å². The van der Waals surface area contributed by atoms with Crippen LogP contribution in [0, 0.1) is 6.92 Å². The van der Waals surface area contributed by atoms with E-state index in [1.54, 1.807) is 14.2 Å². The maximum Gasteiger partial charge on any atom is 0.401 e. The maximum absolute atomic E-state index is 12.5. The van der Waals surface area contributed by atoms with Crippen LogP contribution in [-0.2, 0) is 6.54 Å². The van der Waals surface area contributed by atoms with E-state index >= 15 is 0 Å². The van der Waals surface area contributed by atoms with Crippen LogP contribution < -0.4 is 15.4 Å². The van der Waals surface area contributed by atoms with Gasteiger partial charge in [0.2, 0.25) is 0 Å². The van der Waals surface area contributed by atoms with E-state index in [0.717, 1.165) is 16.9 Å². The van der Waals surface area contributed by atoms with Gasteiger partial charge in [-0.1, -0.05) is 12.1 Å². The number of alkyl halides is 3. The van der Waals surface area contributed by atoms with E-state index in [4.69, 9.17) is 4.74 Å². The Balaban J connectivity index is 0.00000338. The summed E-state index contributed by atoms with van der Waals surface area (Å²) in [6.45, 7) is 2.49. The summed E-state index contributed by atoms with van der Waals surface area (Å²) in [5, 5.41) is 6.39. The van der Waals surface area contributed by atoms with Gasteiger partial charge in [-0.05, 0) is 30.5 Å². The molecule has 1 aromatic carbocycles. The summed E-state index contributed by atoms with van der Waals surface area (Å²) in [7, 11) is 3.28. The summed E-state index contributed by atoms with van der Waals surface area (Å²) in [5.41, 5.74) is 2.12. The van der Waals surface area contributed by atoms with E-state index in [1.807, 2.05) is 25.1 Å². The molecule has 1 unspecified atom stereocenters. The van der Waals surface area contributed by atoms with Crippen LogP contribution in [0.4, 0.5) is 13.2 Å². The second kappa shape index (κ2) is 10.2. The number of likely N-dealkylation sites (tertiary alicyclic amines) is 1. The Morgan fingerprint density at radius 3 is 2.69 bits per heavy atom. The van der Waals surface area contributed by atoms with E-state index in [-0.39, 0.29) is 30.0 Å². The standard InChI is InChI=1S/C17H25F3N4O.HI/c1-12-8-13(4-5-15(12)25-3)9-22-16(21-2)23-14-6-7-24(10-14)11-17(18,19)20;/h4-5,8,14H,6-7,9-11H2,1-3H3,(H2,21,22,23);1H. The number of aliphatic imine (C=N–C) groups is 1. The van der Waals surface area contributed by atoms with Crippen LogP contribution in [0.15, 0.2) is 23.2 Å². The number of methoxy groups -OCH3 is 1. The summed E-state index contributed by atoms with van der Waals surface area (Å²) in [6, 6.07) is 5.87. The van der Waals surface area contributed by atoms with E-state index in [0.29, 0.717) is 32.0 Å². The molecule has 2 N–H and O–H groups in total. The lowest BCUT2D eigenvalue weighted by molar-refractivity contribution is -0.143. The number of hydrogen-bond donors (Lipinski definition) is 2. The summed E-state index contributed by atoms with van der Waals surface area (Å²) < 4.78 is 42.6. The monoisotopic (exact) mass is 486 g/mol. The van der Waals surface area contributed by atoms with Crippen molar-refractivity contribution < 1.29 is 17.9 Å². The first kappa shape index (κ1) is 22.8. The Bertz CT molecular complexity index is 610. The molecule has 0 bridgehead atoms. The molecule has 1 fully saturated rings. The van der Waals surface area contributed by atoms with Gasteiger partial charge in [0.05, 0.1) is 13.7 Å². The quantitative estimate of drug-likeness (QED) is 0.382. The third kappa shape index (κ3) is 7.18. The Labute approximate surface area is 169 Å². The Hall–Kier alpha value is -1.23. The van der Waals surface area contributed by atoms with Crippen LogP contribution in [0.3, 0.4) is 0 Å².